The second-order valence-corrected chi connectivity index (χ2v) is 6.74. The molecule has 0 aliphatic carbocycles. The molecular weight excluding hydrogens is 346 g/mol. The normalized spacial score (nSPS) is 10.9. The lowest BCUT2D eigenvalue weighted by Crippen LogP contribution is -2.21. The lowest BCUT2D eigenvalue weighted by molar-refractivity contribution is 0.470. The van der Waals surface area contributed by atoms with E-state index < -0.39 is 0 Å². The van der Waals surface area contributed by atoms with Crippen LogP contribution >= 0.6 is 27.7 Å². The predicted molar refractivity (Wildman–Crippen MR) is 94.4 cm³/mol. The highest BCUT2D eigenvalue weighted by Gasteiger charge is 2.06. The summed E-state index contributed by atoms with van der Waals surface area (Å²) in [7, 11) is 0. The molecular formula is C17H20BrNOS. The Labute approximate surface area is 139 Å². The molecule has 0 amide bonds. The van der Waals surface area contributed by atoms with Gasteiger partial charge in [0.2, 0.25) is 0 Å². The van der Waals surface area contributed by atoms with E-state index in [9.17, 15) is 0 Å². The number of ether oxygens (including phenoxy) is 1. The van der Waals surface area contributed by atoms with Crippen LogP contribution in [-0.2, 0) is 6.54 Å². The molecule has 2 aromatic rings. The van der Waals surface area contributed by atoms with Crippen molar-refractivity contribution in [1.82, 2.24) is 5.32 Å². The van der Waals surface area contributed by atoms with Crippen molar-refractivity contribution in [2.24, 2.45) is 0 Å². The molecule has 2 aromatic carbocycles. The van der Waals surface area contributed by atoms with Gasteiger partial charge in [-0.2, -0.15) is 0 Å². The molecule has 0 radical (unpaired) electrons. The van der Waals surface area contributed by atoms with E-state index in [0.29, 0.717) is 6.04 Å². The Morgan fingerprint density at radius 3 is 2.62 bits per heavy atom. The quantitative estimate of drug-likeness (QED) is 0.686. The van der Waals surface area contributed by atoms with Gasteiger partial charge in [0.1, 0.15) is 11.5 Å². The third kappa shape index (κ3) is 4.77. The number of hydrogen-bond donors (Lipinski definition) is 1. The van der Waals surface area contributed by atoms with Gasteiger partial charge in [0.25, 0.3) is 0 Å². The Morgan fingerprint density at radius 1 is 1.19 bits per heavy atom. The van der Waals surface area contributed by atoms with Crippen molar-refractivity contribution in [3.8, 4) is 11.5 Å². The van der Waals surface area contributed by atoms with Crippen molar-refractivity contribution in [3.63, 3.8) is 0 Å². The van der Waals surface area contributed by atoms with Crippen LogP contribution in [0.1, 0.15) is 19.4 Å². The van der Waals surface area contributed by atoms with Crippen LogP contribution in [0.15, 0.2) is 51.8 Å². The fourth-order valence-electron chi connectivity index (χ4n) is 1.88. The van der Waals surface area contributed by atoms with Gasteiger partial charge < -0.3 is 10.1 Å². The van der Waals surface area contributed by atoms with Crippen molar-refractivity contribution in [3.05, 3.63) is 52.5 Å². The van der Waals surface area contributed by atoms with Crippen LogP contribution in [-0.4, -0.2) is 12.3 Å². The minimum Gasteiger partial charge on any atom is -0.456 e. The summed E-state index contributed by atoms with van der Waals surface area (Å²) in [6.45, 7) is 5.13. The Bertz CT molecular complexity index is 601. The van der Waals surface area contributed by atoms with Crippen LogP contribution in [0.25, 0.3) is 0 Å². The van der Waals surface area contributed by atoms with Gasteiger partial charge in [-0.25, -0.2) is 0 Å². The zero-order valence-electron chi connectivity index (χ0n) is 12.5. The molecule has 0 unspecified atom stereocenters. The molecule has 4 heteroatoms. The number of nitrogens with one attached hydrogen (secondary N) is 1. The van der Waals surface area contributed by atoms with Crippen molar-refractivity contribution in [2.45, 2.75) is 31.3 Å². The van der Waals surface area contributed by atoms with E-state index in [1.165, 1.54) is 5.56 Å². The number of halogens is 1. The molecule has 2 nitrogen and oxygen atoms in total. The molecule has 0 aliphatic rings. The SMILES string of the molecule is CSc1ccccc1Oc1ccc(CNC(C)C)c(Br)c1. The van der Waals surface area contributed by atoms with E-state index in [2.05, 4.69) is 53.5 Å². The van der Waals surface area contributed by atoms with Gasteiger partial charge in [0.15, 0.2) is 0 Å². The van der Waals surface area contributed by atoms with Crippen molar-refractivity contribution < 1.29 is 4.74 Å². The minimum atomic E-state index is 0.473. The topological polar surface area (TPSA) is 21.3 Å². The molecule has 1 N–H and O–H groups in total. The highest BCUT2D eigenvalue weighted by atomic mass is 79.9. The van der Waals surface area contributed by atoms with E-state index in [4.69, 9.17) is 4.74 Å². The first kappa shape index (κ1) is 16.4. The Kier molecular flexibility index (Phi) is 6.15. The van der Waals surface area contributed by atoms with Crippen LogP contribution in [0.5, 0.6) is 11.5 Å². The van der Waals surface area contributed by atoms with E-state index in [1.54, 1.807) is 11.8 Å². The fraction of sp³-hybridized carbons (Fsp3) is 0.294. The molecule has 0 aromatic heterocycles. The van der Waals surface area contributed by atoms with Crippen LogP contribution < -0.4 is 10.1 Å². The van der Waals surface area contributed by atoms with Gasteiger partial charge in [-0.1, -0.05) is 48.0 Å². The second kappa shape index (κ2) is 7.87. The first-order valence-electron chi connectivity index (χ1n) is 6.93. The number of benzene rings is 2. The van der Waals surface area contributed by atoms with Crippen molar-refractivity contribution >= 4 is 27.7 Å². The number of hydrogen-bond acceptors (Lipinski definition) is 3. The highest BCUT2D eigenvalue weighted by Crippen LogP contribution is 2.33. The highest BCUT2D eigenvalue weighted by molar-refractivity contribution is 9.10. The minimum absolute atomic E-state index is 0.473. The summed E-state index contributed by atoms with van der Waals surface area (Å²) in [6, 6.07) is 14.7. The molecule has 0 saturated heterocycles. The molecule has 0 atom stereocenters. The molecule has 0 saturated carbocycles. The average Bonchev–Trinajstić information content (AvgIpc) is 2.47. The number of thioether (sulfide) groups is 1. The fourth-order valence-corrected chi connectivity index (χ4v) is 2.90. The molecule has 112 valence electrons. The third-order valence-electron chi connectivity index (χ3n) is 3.02. The number of para-hydroxylation sites is 1. The van der Waals surface area contributed by atoms with Gasteiger partial charge in [-0.3, -0.25) is 0 Å². The molecule has 0 spiro atoms. The monoisotopic (exact) mass is 365 g/mol. The summed E-state index contributed by atoms with van der Waals surface area (Å²) < 4.78 is 7.06. The maximum atomic E-state index is 5.99. The van der Waals surface area contributed by atoms with Crippen LogP contribution in [0.4, 0.5) is 0 Å². The zero-order chi connectivity index (χ0) is 15.2. The molecule has 0 aliphatic heterocycles. The smallest absolute Gasteiger partial charge is 0.140 e. The molecule has 0 bridgehead atoms. The number of rotatable bonds is 6. The summed E-state index contributed by atoms with van der Waals surface area (Å²) in [5, 5.41) is 3.42. The predicted octanol–water partition coefficient (Wildman–Crippen LogP) is 5.46. The first-order chi connectivity index (χ1) is 10.1. The van der Waals surface area contributed by atoms with Crippen LogP contribution in [0, 0.1) is 0 Å². The van der Waals surface area contributed by atoms with Gasteiger partial charge in [0, 0.05) is 22.0 Å². The molecule has 2 rings (SSSR count). The Balaban J connectivity index is 2.13. The van der Waals surface area contributed by atoms with Gasteiger partial charge in [0.05, 0.1) is 0 Å². The lowest BCUT2D eigenvalue weighted by Gasteiger charge is -2.13. The summed E-state index contributed by atoms with van der Waals surface area (Å²) in [6.07, 6.45) is 2.05. The van der Waals surface area contributed by atoms with Gasteiger partial charge in [-0.05, 0) is 36.1 Å². The van der Waals surface area contributed by atoms with Crippen LogP contribution in [0.2, 0.25) is 0 Å². The first-order valence-corrected chi connectivity index (χ1v) is 8.94. The van der Waals surface area contributed by atoms with E-state index in [-0.39, 0.29) is 0 Å². The Morgan fingerprint density at radius 2 is 1.95 bits per heavy atom. The zero-order valence-corrected chi connectivity index (χ0v) is 14.9. The summed E-state index contributed by atoms with van der Waals surface area (Å²) >= 11 is 5.31. The molecule has 21 heavy (non-hydrogen) atoms. The molecule has 0 fully saturated rings. The van der Waals surface area contributed by atoms with E-state index in [1.807, 2.05) is 30.3 Å². The largest absolute Gasteiger partial charge is 0.456 e. The van der Waals surface area contributed by atoms with E-state index >= 15 is 0 Å². The third-order valence-corrected chi connectivity index (χ3v) is 4.54. The van der Waals surface area contributed by atoms with Gasteiger partial charge in [-0.15, -0.1) is 11.8 Å². The lowest BCUT2D eigenvalue weighted by atomic mass is 10.2. The maximum Gasteiger partial charge on any atom is 0.140 e. The average molecular weight is 366 g/mol. The second-order valence-electron chi connectivity index (χ2n) is 5.04. The summed E-state index contributed by atoms with van der Waals surface area (Å²) in [4.78, 5) is 1.14. The Hall–Kier alpha value is -0.970. The van der Waals surface area contributed by atoms with E-state index in [0.717, 1.165) is 27.4 Å². The van der Waals surface area contributed by atoms with Crippen molar-refractivity contribution in [2.75, 3.05) is 6.26 Å². The van der Waals surface area contributed by atoms with Gasteiger partial charge >= 0.3 is 0 Å². The summed E-state index contributed by atoms with van der Waals surface area (Å²) in [5.74, 6) is 1.74. The van der Waals surface area contributed by atoms with Crippen molar-refractivity contribution in [1.29, 1.82) is 0 Å². The maximum absolute atomic E-state index is 5.99. The van der Waals surface area contributed by atoms with Crippen LogP contribution in [0.3, 0.4) is 0 Å². The molecule has 0 heterocycles. The standard InChI is InChI=1S/C17H20BrNOS/c1-12(2)19-11-13-8-9-14(10-15(13)18)20-16-6-4-5-7-17(16)21-3/h4-10,12,19H,11H2,1-3H3. The summed E-state index contributed by atoms with van der Waals surface area (Å²) in [5.41, 5.74) is 1.23.